The van der Waals surface area contributed by atoms with Crippen LogP contribution in [0.15, 0.2) is 23.8 Å². The Kier molecular flexibility index (Phi) is 1.73. The minimum atomic E-state index is 0.0118. The summed E-state index contributed by atoms with van der Waals surface area (Å²) in [6, 6.07) is 0. The molecule has 0 saturated carbocycles. The molecule has 0 aromatic heterocycles. The second kappa shape index (κ2) is 2.53. The SMILES string of the molecule is C#CC1C=CC(=O)C(C)=C1. The average molecular weight is 132 g/mol. The molecule has 1 atom stereocenters. The van der Waals surface area contributed by atoms with E-state index in [4.69, 9.17) is 6.42 Å². The molecule has 1 heteroatoms. The van der Waals surface area contributed by atoms with Crippen molar-refractivity contribution in [1.29, 1.82) is 0 Å². The van der Waals surface area contributed by atoms with Crippen molar-refractivity contribution < 1.29 is 4.79 Å². The average Bonchev–Trinajstić information content (AvgIpc) is 1.95. The Bertz CT molecular complexity index is 250. The highest BCUT2D eigenvalue weighted by molar-refractivity contribution is 6.04. The van der Waals surface area contributed by atoms with E-state index in [2.05, 4.69) is 5.92 Å². The molecule has 0 bridgehead atoms. The van der Waals surface area contributed by atoms with Gasteiger partial charge in [-0.05, 0) is 18.6 Å². The van der Waals surface area contributed by atoms with E-state index in [9.17, 15) is 4.79 Å². The number of terminal acetylenes is 1. The van der Waals surface area contributed by atoms with Gasteiger partial charge in [0.2, 0.25) is 0 Å². The molecule has 1 rings (SSSR count). The largest absolute Gasteiger partial charge is 0.290 e. The number of carbonyl (C=O) groups excluding carboxylic acids is 1. The van der Waals surface area contributed by atoms with Gasteiger partial charge in [0.05, 0.1) is 5.92 Å². The maximum atomic E-state index is 10.8. The lowest BCUT2D eigenvalue weighted by molar-refractivity contribution is -0.111. The van der Waals surface area contributed by atoms with Crippen molar-refractivity contribution in [2.45, 2.75) is 6.92 Å². The summed E-state index contributed by atoms with van der Waals surface area (Å²) in [5.41, 5.74) is 0.741. The van der Waals surface area contributed by atoms with Crippen LogP contribution in [0.2, 0.25) is 0 Å². The molecule has 0 aliphatic heterocycles. The zero-order valence-corrected chi connectivity index (χ0v) is 5.79. The Morgan fingerprint density at radius 1 is 1.70 bits per heavy atom. The zero-order chi connectivity index (χ0) is 7.56. The quantitative estimate of drug-likeness (QED) is 0.454. The van der Waals surface area contributed by atoms with Crippen LogP contribution in [-0.2, 0) is 4.79 Å². The van der Waals surface area contributed by atoms with Crippen molar-refractivity contribution in [2.75, 3.05) is 0 Å². The highest BCUT2D eigenvalue weighted by Gasteiger charge is 2.08. The van der Waals surface area contributed by atoms with Crippen LogP contribution in [0.25, 0.3) is 0 Å². The van der Waals surface area contributed by atoms with Gasteiger partial charge in [0.15, 0.2) is 5.78 Å². The molecule has 0 spiro atoms. The van der Waals surface area contributed by atoms with Crippen LogP contribution in [0.1, 0.15) is 6.92 Å². The van der Waals surface area contributed by atoms with Gasteiger partial charge >= 0.3 is 0 Å². The van der Waals surface area contributed by atoms with Crippen LogP contribution >= 0.6 is 0 Å². The molecular formula is C9H8O. The molecule has 0 heterocycles. The molecule has 1 aliphatic carbocycles. The van der Waals surface area contributed by atoms with Crippen LogP contribution in [0.4, 0.5) is 0 Å². The van der Waals surface area contributed by atoms with Crippen LogP contribution in [0.5, 0.6) is 0 Å². The van der Waals surface area contributed by atoms with E-state index in [1.807, 2.05) is 0 Å². The smallest absolute Gasteiger partial charge is 0.181 e. The molecule has 1 aliphatic rings. The fourth-order valence-electron chi connectivity index (χ4n) is 0.833. The van der Waals surface area contributed by atoms with E-state index in [0.717, 1.165) is 5.57 Å². The molecule has 0 saturated heterocycles. The maximum Gasteiger partial charge on any atom is 0.181 e. The van der Waals surface area contributed by atoms with Gasteiger partial charge in [0, 0.05) is 0 Å². The third-order valence-electron chi connectivity index (χ3n) is 1.47. The lowest BCUT2D eigenvalue weighted by Crippen LogP contribution is -2.03. The standard InChI is InChI=1S/C9H8O/c1-3-8-4-5-9(10)7(2)6-8/h1,4-6,8H,2H3. The summed E-state index contributed by atoms with van der Waals surface area (Å²) in [7, 11) is 0. The van der Waals surface area contributed by atoms with E-state index in [0.29, 0.717) is 0 Å². The predicted octanol–water partition coefficient (Wildman–Crippen LogP) is 1.32. The number of rotatable bonds is 0. The molecule has 0 aromatic rings. The Morgan fingerprint density at radius 2 is 2.40 bits per heavy atom. The van der Waals surface area contributed by atoms with Crippen LogP contribution in [0.3, 0.4) is 0 Å². The van der Waals surface area contributed by atoms with Crippen molar-refractivity contribution >= 4 is 5.78 Å². The molecule has 0 aromatic carbocycles. The van der Waals surface area contributed by atoms with E-state index < -0.39 is 0 Å². The molecule has 0 radical (unpaired) electrons. The first kappa shape index (κ1) is 6.82. The summed E-state index contributed by atoms with van der Waals surface area (Å²) in [4.78, 5) is 10.8. The fraction of sp³-hybridized carbons (Fsp3) is 0.222. The third kappa shape index (κ3) is 1.16. The number of carbonyl (C=O) groups is 1. The van der Waals surface area contributed by atoms with Gasteiger partial charge in [0.1, 0.15) is 0 Å². The van der Waals surface area contributed by atoms with Crippen molar-refractivity contribution in [3.05, 3.63) is 23.8 Å². The molecule has 1 nitrogen and oxygen atoms in total. The maximum absolute atomic E-state index is 10.8. The lowest BCUT2D eigenvalue weighted by atomic mass is 9.98. The summed E-state index contributed by atoms with van der Waals surface area (Å²) >= 11 is 0. The predicted molar refractivity (Wildman–Crippen MR) is 40.2 cm³/mol. The van der Waals surface area contributed by atoms with E-state index in [1.165, 1.54) is 6.08 Å². The van der Waals surface area contributed by atoms with Crippen LogP contribution < -0.4 is 0 Å². The second-order valence-electron chi connectivity index (χ2n) is 2.27. The minimum Gasteiger partial charge on any atom is -0.290 e. The van der Waals surface area contributed by atoms with Gasteiger partial charge in [-0.3, -0.25) is 4.79 Å². The molecule has 0 N–H and O–H groups in total. The number of hydrogen-bond acceptors (Lipinski definition) is 1. The van der Waals surface area contributed by atoms with Gasteiger partial charge in [0.25, 0.3) is 0 Å². The summed E-state index contributed by atoms with van der Waals surface area (Å²) in [6.07, 6.45) is 10.2. The Morgan fingerprint density at radius 3 is 2.90 bits per heavy atom. The monoisotopic (exact) mass is 132 g/mol. The van der Waals surface area contributed by atoms with Gasteiger partial charge < -0.3 is 0 Å². The normalized spacial score (nSPS) is 23.8. The second-order valence-corrected chi connectivity index (χ2v) is 2.27. The van der Waals surface area contributed by atoms with E-state index in [1.54, 1.807) is 19.1 Å². The first-order valence-electron chi connectivity index (χ1n) is 3.11. The molecule has 50 valence electrons. The number of ketones is 1. The minimum absolute atomic E-state index is 0.0118. The summed E-state index contributed by atoms with van der Waals surface area (Å²) in [5.74, 6) is 2.61. The zero-order valence-electron chi connectivity index (χ0n) is 5.79. The van der Waals surface area contributed by atoms with Crippen LogP contribution in [0, 0.1) is 18.3 Å². The first-order valence-corrected chi connectivity index (χ1v) is 3.11. The molecule has 0 amide bonds. The first-order chi connectivity index (χ1) is 4.74. The highest BCUT2D eigenvalue weighted by atomic mass is 16.1. The van der Waals surface area contributed by atoms with Crippen molar-refractivity contribution in [3.63, 3.8) is 0 Å². The lowest BCUT2D eigenvalue weighted by Gasteiger charge is -2.05. The fourth-order valence-corrected chi connectivity index (χ4v) is 0.833. The molecule has 0 fully saturated rings. The number of allylic oxidation sites excluding steroid dienone is 4. The summed E-state index contributed by atoms with van der Waals surface area (Å²) < 4.78 is 0. The van der Waals surface area contributed by atoms with E-state index in [-0.39, 0.29) is 11.7 Å². The van der Waals surface area contributed by atoms with Gasteiger partial charge in [-0.1, -0.05) is 18.1 Å². The van der Waals surface area contributed by atoms with Crippen molar-refractivity contribution in [3.8, 4) is 12.3 Å². The topological polar surface area (TPSA) is 17.1 Å². The third-order valence-corrected chi connectivity index (χ3v) is 1.47. The van der Waals surface area contributed by atoms with Gasteiger partial charge in [-0.25, -0.2) is 0 Å². The summed E-state index contributed by atoms with van der Waals surface area (Å²) in [5, 5.41) is 0. The molecule has 1 unspecified atom stereocenters. The Labute approximate surface area is 60.4 Å². The van der Waals surface area contributed by atoms with Gasteiger partial charge in [-0.15, -0.1) is 6.42 Å². The Hall–Kier alpha value is -1.29. The summed E-state index contributed by atoms with van der Waals surface area (Å²) in [6.45, 7) is 1.77. The van der Waals surface area contributed by atoms with Crippen LogP contribution in [-0.4, -0.2) is 5.78 Å². The van der Waals surface area contributed by atoms with E-state index >= 15 is 0 Å². The molecule has 10 heavy (non-hydrogen) atoms. The van der Waals surface area contributed by atoms with Gasteiger partial charge in [-0.2, -0.15) is 0 Å². The van der Waals surface area contributed by atoms with Crippen molar-refractivity contribution in [2.24, 2.45) is 5.92 Å². The highest BCUT2D eigenvalue weighted by Crippen LogP contribution is 2.11. The Balaban J connectivity index is 2.86. The van der Waals surface area contributed by atoms with Crippen molar-refractivity contribution in [1.82, 2.24) is 0 Å². The number of hydrogen-bond donors (Lipinski definition) is 0. The molecular weight excluding hydrogens is 124 g/mol.